The van der Waals surface area contributed by atoms with Gasteiger partial charge in [-0.3, -0.25) is 9.78 Å². The first-order valence-electron chi connectivity index (χ1n) is 11.2. The molecular formula is C24H21ClFN7O2. The van der Waals surface area contributed by atoms with Gasteiger partial charge in [0.2, 0.25) is 0 Å². The zero-order valence-electron chi connectivity index (χ0n) is 18.7. The van der Waals surface area contributed by atoms with Crippen LogP contribution in [0.4, 0.5) is 21.6 Å². The zero-order valence-corrected chi connectivity index (χ0v) is 19.4. The van der Waals surface area contributed by atoms with Crippen molar-refractivity contribution >= 4 is 40.3 Å². The third-order valence-electron chi connectivity index (χ3n) is 5.95. The van der Waals surface area contributed by atoms with Crippen LogP contribution in [-0.2, 0) is 0 Å². The number of imidazole rings is 1. The number of benzene rings is 1. The molecule has 0 spiro atoms. The van der Waals surface area contributed by atoms with Crippen molar-refractivity contribution in [3.05, 3.63) is 59.0 Å². The number of halogens is 2. The summed E-state index contributed by atoms with van der Waals surface area (Å²) in [4.78, 5) is 21.6. The van der Waals surface area contributed by atoms with E-state index in [1.54, 1.807) is 6.20 Å². The summed E-state index contributed by atoms with van der Waals surface area (Å²) < 4.78 is 20.7. The molecule has 3 aromatic heterocycles. The number of carbonyl (C=O) groups excluding carboxylic acids is 1. The van der Waals surface area contributed by atoms with Crippen LogP contribution in [0.25, 0.3) is 16.9 Å². The molecule has 1 amide bonds. The van der Waals surface area contributed by atoms with Crippen LogP contribution in [0.1, 0.15) is 22.5 Å². The lowest BCUT2D eigenvalue weighted by Crippen LogP contribution is -2.29. The fraction of sp³-hybridized carbons (Fsp3) is 0.250. The number of aromatic nitrogens is 4. The summed E-state index contributed by atoms with van der Waals surface area (Å²) in [6.45, 7) is 2.98. The Morgan fingerprint density at radius 1 is 1.26 bits per heavy atom. The average molecular weight is 494 g/mol. The van der Waals surface area contributed by atoms with Crippen LogP contribution in [0.2, 0.25) is 5.02 Å². The summed E-state index contributed by atoms with van der Waals surface area (Å²) in [5.41, 5.74) is 4.39. The van der Waals surface area contributed by atoms with Gasteiger partial charge >= 0.3 is 0 Å². The third-order valence-corrected chi connectivity index (χ3v) is 6.36. The number of hydrogen-bond donors (Lipinski definition) is 3. The van der Waals surface area contributed by atoms with Crippen molar-refractivity contribution in [3.63, 3.8) is 0 Å². The Morgan fingerprint density at radius 2 is 2.11 bits per heavy atom. The molecule has 178 valence electrons. The molecule has 0 saturated heterocycles. The lowest BCUT2D eigenvalue weighted by molar-refractivity contribution is 0.0940. The highest BCUT2D eigenvalue weighted by Gasteiger charge is 2.39. The molecule has 1 saturated carbocycles. The summed E-state index contributed by atoms with van der Waals surface area (Å²) >= 11 is 6.77. The van der Waals surface area contributed by atoms with Crippen LogP contribution in [0.3, 0.4) is 0 Å². The van der Waals surface area contributed by atoms with E-state index in [-0.39, 0.29) is 5.69 Å². The first kappa shape index (κ1) is 21.6. The Morgan fingerprint density at radius 3 is 2.89 bits per heavy atom. The van der Waals surface area contributed by atoms with E-state index in [9.17, 15) is 9.18 Å². The molecule has 9 nitrogen and oxygen atoms in total. The first-order valence-corrected chi connectivity index (χ1v) is 11.6. The largest absolute Gasteiger partial charge is 0.486 e. The number of nitrogens with one attached hydrogen (secondary N) is 3. The molecule has 0 unspecified atom stereocenters. The number of nitrogens with zero attached hydrogens (tertiary/aromatic N) is 4. The lowest BCUT2D eigenvalue weighted by Gasteiger charge is -2.22. The van der Waals surface area contributed by atoms with Gasteiger partial charge in [0.25, 0.3) is 5.91 Å². The molecule has 2 aliphatic rings. The van der Waals surface area contributed by atoms with Gasteiger partial charge in [-0.1, -0.05) is 29.8 Å². The predicted molar refractivity (Wildman–Crippen MR) is 130 cm³/mol. The lowest BCUT2D eigenvalue weighted by atomic mass is 10.1. The number of pyridine rings is 1. The molecule has 1 aliphatic heterocycles. The average Bonchev–Trinajstić information content (AvgIpc) is 3.38. The fourth-order valence-corrected chi connectivity index (χ4v) is 4.26. The van der Waals surface area contributed by atoms with Gasteiger partial charge < -0.3 is 20.7 Å². The summed E-state index contributed by atoms with van der Waals surface area (Å²) in [6, 6.07) is 9.00. The second-order valence-corrected chi connectivity index (χ2v) is 8.93. The fourth-order valence-electron chi connectivity index (χ4n) is 3.99. The molecule has 3 N–H and O–H groups in total. The van der Waals surface area contributed by atoms with E-state index < -0.39 is 18.1 Å². The Hall–Kier alpha value is -3.92. The summed E-state index contributed by atoms with van der Waals surface area (Å²) in [6.07, 6.45) is 2.52. The van der Waals surface area contributed by atoms with E-state index in [1.165, 1.54) is 10.7 Å². The minimum absolute atomic E-state index is 0.195. The molecule has 1 fully saturated rings. The van der Waals surface area contributed by atoms with Crippen LogP contribution in [-0.4, -0.2) is 50.9 Å². The molecule has 1 aromatic carbocycles. The Kier molecular flexibility index (Phi) is 5.18. The monoisotopic (exact) mass is 493 g/mol. The number of hydrogen-bond acceptors (Lipinski definition) is 7. The number of alkyl halides is 1. The minimum atomic E-state index is -1.01. The molecule has 0 radical (unpaired) electrons. The highest BCUT2D eigenvalue weighted by Crippen LogP contribution is 2.41. The second kappa shape index (κ2) is 8.38. The number of rotatable bonds is 5. The number of carbonyl (C=O) groups is 1. The number of anilines is 3. The standard InChI is InChI=1S/C24H21ClFN7O2/c1-12-5-6-15(28-10-12)13-3-2-4-16(19(13)25)30-22-21-20(27-7-8-35-21)23-29-11-18(33(23)32-22)24(34)31-17-9-14(17)26/h2-6,10-11,14,17,27H,7-9H2,1H3,(H,30,32)(H,31,34)/t14-,17+/m0/s1. The number of fused-ring (bicyclic) bond motifs is 3. The van der Waals surface area contributed by atoms with Crippen LogP contribution in [0, 0.1) is 6.92 Å². The van der Waals surface area contributed by atoms with Crippen molar-refractivity contribution in [1.82, 2.24) is 24.9 Å². The van der Waals surface area contributed by atoms with Crippen molar-refractivity contribution < 1.29 is 13.9 Å². The second-order valence-electron chi connectivity index (χ2n) is 8.55. The Labute approximate surface area is 204 Å². The number of amides is 1. The maximum atomic E-state index is 13.3. The van der Waals surface area contributed by atoms with Gasteiger partial charge in [-0.25, -0.2) is 13.9 Å². The maximum absolute atomic E-state index is 13.3. The van der Waals surface area contributed by atoms with Crippen molar-refractivity contribution in [1.29, 1.82) is 0 Å². The molecule has 0 bridgehead atoms. The van der Waals surface area contributed by atoms with Crippen LogP contribution in [0.5, 0.6) is 5.75 Å². The normalized spacial score (nSPS) is 18.4. The maximum Gasteiger partial charge on any atom is 0.271 e. The van der Waals surface area contributed by atoms with Crippen molar-refractivity contribution in [2.75, 3.05) is 23.8 Å². The molecular weight excluding hydrogens is 473 g/mol. The molecule has 4 aromatic rings. The first-order chi connectivity index (χ1) is 17.0. The SMILES string of the molecule is Cc1ccc(-c2cccc(Nc3nn4c(C(=O)N[C@@H]5C[C@@H]5F)cnc4c4c3OCCN4)c2Cl)nc1. The smallest absolute Gasteiger partial charge is 0.271 e. The quantitative estimate of drug-likeness (QED) is 0.383. The third kappa shape index (κ3) is 3.89. The molecule has 4 heterocycles. The minimum Gasteiger partial charge on any atom is -0.486 e. The van der Waals surface area contributed by atoms with E-state index >= 15 is 0 Å². The zero-order chi connectivity index (χ0) is 24.1. The van der Waals surface area contributed by atoms with Gasteiger partial charge in [-0.2, -0.15) is 0 Å². The van der Waals surface area contributed by atoms with Gasteiger partial charge in [0.1, 0.15) is 18.5 Å². The van der Waals surface area contributed by atoms with Crippen LogP contribution < -0.4 is 20.7 Å². The van der Waals surface area contributed by atoms with Crippen molar-refractivity contribution in [3.8, 4) is 17.0 Å². The van der Waals surface area contributed by atoms with E-state index in [0.29, 0.717) is 53.2 Å². The highest BCUT2D eigenvalue weighted by molar-refractivity contribution is 6.36. The van der Waals surface area contributed by atoms with Crippen LogP contribution >= 0.6 is 11.6 Å². The molecule has 35 heavy (non-hydrogen) atoms. The highest BCUT2D eigenvalue weighted by atomic mass is 35.5. The van der Waals surface area contributed by atoms with Gasteiger partial charge in [0.05, 0.1) is 28.6 Å². The van der Waals surface area contributed by atoms with Gasteiger partial charge in [0.15, 0.2) is 22.9 Å². The molecule has 6 rings (SSSR count). The van der Waals surface area contributed by atoms with E-state index in [4.69, 9.17) is 16.3 Å². The van der Waals surface area contributed by atoms with Crippen molar-refractivity contribution in [2.24, 2.45) is 0 Å². The number of aryl methyl sites for hydroxylation is 1. The van der Waals surface area contributed by atoms with Gasteiger partial charge in [-0.05, 0) is 24.6 Å². The Balaban J connectivity index is 1.41. The summed E-state index contributed by atoms with van der Waals surface area (Å²) in [5.74, 6) is 0.392. The van der Waals surface area contributed by atoms with Gasteiger partial charge in [0, 0.05) is 24.7 Å². The molecule has 11 heteroatoms. The van der Waals surface area contributed by atoms with E-state index in [2.05, 4.69) is 31.0 Å². The summed E-state index contributed by atoms with van der Waals surface area (Å²) in [5, 5.41) is 14.3. The summed E-state index contributed by atoms with van der Waals surface area (Å²) in [7, 11) is 0. The predicted octanol–water partition coefficient (Wildman–Crippen LogP) is 4.14. The molecule has 1 aliphatic carbocycles. The molecule has 2 atom stereocenters. The van der Waals surface area contributed by atoms with E-state index in [1.807, 2.05) is 37.3 Å². The van der Waals surface area contributed by atoms with E-state index in [0.717, 1.165) is 16.8 Å². The van der Waals surface area contributed by atoms with Crippen molar-refractivity contribution in [2.45, 2.75) is 25.6 Å². The van der Waals surface area contributed by atoms with Crippen LogP contribution in [0.15, 0.2) is 42.7 Å². The Bertz CT molecular complexity index is 1460. The number of ether oxygens (including phenoxy) is 1. The van der Waals surface area contributed by atoms with Gasteiger partial charge in [-0.15, -0.1) is 5.10 Å². The topological polar surface area (TPSA) is 105 Å².